The molecule has 4 nitrogen and oxygen atoms in total. The summed E-state index contributed by atoms with van der Waals surface area (Å²) in [5, 5.41) is 6.59. The van der Waals surface area contributed by atoms with Crippen LogP contribution in [0.5, 0.6) is 0 Å². The maximum Gasteiger partial charge on any atom is 0.252 e. The quantitative estimate of drug-likeness (QED) is 0.383. The van der Waals surface area contributed by atoms with Crippen molar-refractivity contribution < 1.29 is 9.21 Å². The Hall–Kier alpha value is -1.09. The van der Waals surface area contributed by atoms with Crippen LogP contribution in [0.1, 0.15) is 21.1 Å². The molecule has 0 unspecified atom stereocenters. The van der Waals surface area contributed by atoms with Gasteiger partial charge in [-0.3, -0.25) is 4.79 Å². The van der Waals surface area contributed by atoms with Crippen molar-refractivity contribution >= 4 is 63.0 Å². The van der Waals surface area contributed by atoms with E-state index in [-0.39, 0.29) is 12.5 Å². The zero-order valence-electron chi connectivity index (χ0n) is 12.4. The highest BCUT2D eigenvalue weighted by atomic mass is 127. The second-order valence-electron chi connectivity index (χ2n) is 4.95. The molecular weight excluding hydrogens is 482 g/mol. The molecule has 0 spiro atoms. The van der Waals surface area contributed by atoms with E-state index in [1.165, 1.54) is 0 Å². The Morgan fingerprint density at radius 2 is 2.17 bits per heavy atom. The van der Waals surface area contributed by atoms with Gasteiger partial charge >= 0.3 is 0 Å². The number of aryl methyl sites for hydroxylation is 1. The third-order valence-electron chi connectivity index (χ3n) is 3.19. The first-order chi connectivity index (χ1) is 11.4. The molecule has 1 aromatic carbocycles. The number of carbonyl (C=O) groups is 1. The highest BCUT2D eigenvalue weighted by Gasteiger charge is 2.15. The second-order valence-corrected chi connectivity index (χ2v) is 7.93. The number of thiazole rings is 1. The predicted molar refractivity (Wildman–Crippen MR) is 105 cm³/mol. The standard InChI is InChI=1S/C16H11Cl2IN2O2S/c1-8-21-13(7-24-8)14-3-2-10(23-14)6-20-16(22)11-4-9(17)5-12(18)15(11)19/h2-5,7H,6H2,1H3,(H,20,22). The third-order valence-corrected chi connectivity index (χ3v) is 5.96. The molecule has 0 aliphatic carbocycles. The SMILES string of the molecule is Cc1nc(-c2ccc(CNC(=O)c3cc(Cl)cc(Cl)c3I)o2)cs1. The van der Waals surface area contributed by atoms with Crippen LogP contribution in [0.3, 0.4) is 0 Å². The molecule has 0 saturated carbocycles. The summed E-state index contributed by atoms with van der Waals surface area (Å²) in [4.78, 5) is 16.7. The molecule has 3 rings (SSSR count). The lowest BCUT2D eigenvalue weighted by Gasteiger charge is -2.07. The maximum atomic E-state index is 12.3. The fourth-order valence-electron chi connectivity index (χ4n) is 2.07. The Labute approximate surface area is 166 Å². The van der Waals surface area contributed by atoms with Crippen molar-refractivity contribution in [3.05, 3.63) is 59.6 Å². The lowest BCUT2D eigenvalue weighted by Crippen LogP contribution is -2.23. The highest BCUT2D eigenvalue weighted by molar-refractivity contribution is 14.1. The largest absolute Gasteiger partial charge is 0.458 e. The number of nitrogens with zero attached hydrogens (tertiary/aromatic N) is 1. The first-order valence-electron chi connectivity index (χ1n) is 6.88. The molecule has 124 valence electrons. The summed E-state index contributed by atoms with van der Waals surface area (Å²) < 4.78 is 6.38. The molecule has 0 atom stereocenters. The van der Waals surface area contributed by atoms with Crippen LogP contribution in [0.15, 0.2) is 34.1 Å². The van der Waals surface area contributed by atoms with Gasteiger partial charge in [0.25, 0.3) is 5.91 Å². The average molecular weight is 493 g/mol. The van der Waals surface area contributed by atoms with Crippen LogP contribution in [0.4, 0.5) is 0 Å². The number of halogens is 3. The van der Waals surface area contributed by atoms with E-state index in [1.54, 1.807) is 23.5 Å². The average Bonchev–Trinajstić information content (AvgIpc) is 3.17. The summed E-state index contributed by atoms with van der Waals surface area (Å²) >= 11 is 15.6. The molecule has 2 heterocycles. The molecular formula is C16H11Cl2IN2O2S. The fraction of sp³-hybridized carbons (Fsp3) is 0.125. The van der Waals surface area contributed by atoms with Crippen LogP contribution in [-0.4, -0.2) is 10.9 Å². The summed E-state index contributed by atoms with van der Waals surface area (Å²) in [5.74, 6) is 1.07. The number of aromatic nitrogens is 1. The van der Waals surface area contributed by atoms with Crippen LogP contribution in [0.25, 0.3) is 11.5 Å². The van der Waals surface area contributed by atoms with Gasteiger partial charge in [-0.25, -0.2) is 4.98 Å². The monoisotopic (exact) mass is 492 g/mol. The Morgan fingerprint density at radius 3 is 2.88 bits per heavy atom. The molecule has 0 saturated heterocycles. The van der Waals surface area contributed by atoms with E-state index in [1.807, 2.05) is 47.0 Å². The Kier molecular flexibility index (Phi) is 5.49. The first kappa shape index (κ1) is 17.7. The van der Waals surface area contributed by atoms with E-state index in [0.717, 1.165) is 10.7 Å². The van der Waals surface area contributed by atoms with Gasteiger partial charge in [0.05, 0.1) is 22.1 Å². The summed E-state index contributed by atoms with van der Waals surface area (Å²) in [6, 6.07) is 6.86. The van der Waals surface area contributed by atoms with Gasteiger partial charge in [-0.1, -0.05) is 23.2 Å². The van der Waals surface area contributed by atoms with Crippen molar-refractivity contribution in [1.82, 2.24) is 10.3 Å². The van der Waals surface area contributed by atoms with E-state index in [2.05, 4.69) is 10.3 Å². The molecule has 8 heteroatoms. The van der Waals surface area contributed by atoms with Crippen molar-refractivity contribution in [1.29, 1.82) is 0 Å². The minimum atomic E-state index is -0.258. The van der Waals surface area contributed by atoms with Gasteiger partial charge in [0.15, 0.2) is 5.76 Å². The Bertz CT molecular complexity index is 907. The molecule has 0 bridgehead atoms. The van der Waals surface area contributed by atoms with E-state index < -0.39 is 0 Å². The fourth-order valence-corrected chi connectivity index (χ4v) is 3.72. The van der Waals surface area contributed by atoms with E-state index in [9.17, 15) is 4.79 Å². The normalized spacial score (nSPS) is 10.8. The van der Waals surface area contributed by atoms with Gasteiger partial charge in [-0.15, -0.1) is 11.3 Å². The molecule has 0 radical (unpaired) electrons. The van der Waals surface area contributed by atoms with Crippen molar-refractivity contribution in [2.75, 3.05) is 0 Å². The van der Waals surface area contributed by atoms with Crippen LogP contribution >= 0.6 is 57.1 Å². The van der Waals surface area contributed by atoms with Gasteiger partial charge in [-0.2, -0.15) is 0 Å². The number of nitrogens with one attached hydrogen (secondary N) is 1. The van der Waals surface area contributed by atoms with Gasteiger partial charge in [0, 0.05) is 14.0 Å². The predicted octanol–water partition coefficient (Wildman–Crippen LogP) is 5.55. The van der Waals surface area contributed by atoms with E-state index in [4.69, 9.17) is 27.6 Å². The van der Waals surface area contributed by atoms with E-state index in [0.29, 0.717) is 30.7 Å². The highest BCUT2D eigenvalue weighted by Crippen LogP contribution is 2.27. The van der Waals surface area contributed by atoms with Crippen LogP contribution in [0, 0.1) is 10.5 Å². The number of carbonyl (C=O) groups excluding carboxylic acids is 1. The minimum absolute atomic E-state index is 0.258. The van der Waals surface area contributed by atoms with Crippen LogP contribution < -0.4 is 5.32 Å². The van der Waals surface area contributed by atoms with Gasteiger partial charge < -0.3 is 9.73 Å². The summed E-state index contributed by atoms with van der Waals surface area (Å²) in [5.41, 5.74) is 1.24. The molecule has 1 amide bonds. The number of rotatable bonds is 4. The minimum Gasteiger partial charge on any atom is -0.458 e. The second kappa shape index (κ2) is 7.43. The van der Waals surface area contributed by atoms with E-state index >= 15 is 0 Å². The smallest absolute Gasteiger partial charge is 0.252 e. The topological polar surface area (TPSA) is 55.1 Å². The number of hydrogen-bond donors (Lipinski definition) is 1. The van der Waals surface area contributed by atoms with Gasteiger partial charge in [0.2, 0.25) is 0 Å². The number of amides is 1. The zero-order chi connectivity index (χ0) is 17.3. The van der Waals surface area contributed by atoms with Crippen LogP contribution in [0.2, 0.25) is 10.0 Å². The summed E-state index contributed by atoms with van der Waals surface area (Å²) in [6.45, 7) is 2.21. The Morgan fingerprint density at radius 1 is 1.38 bits per heavy atom. The third kappa shape index (κ3) is 3.93. The van der Waals surface area contributed by atoms with Gasteiger partial charge in [0.1, 0.15) is 11.5 Å². The molecule has 3 aromatic rings. The summed E-state index contributed by atoms with van der Waals surface area (Å²) in [6.07, 6.45) is 0. The van der Waals surface area contributed by atoms with Crippen molar-refractivity contribution in [2.24, 2.45) is 0 Å². The molecule has 0 aliphatic heterocycles. The maximum absolute atomic E-state index is 12.3. The molecule has 0 aliphatic rings. The zero-order valence-corrected chi connectivity index (χ0v) is 16.9. The molecule has 24 heavy (non-hydrogen) atoms. The molecule has 0 fully saturated rings. The van der Waals surface area contributed by atoms with Crippen molar-refractivity contribution in [3.63, 3.8) is 0 Å². The lowest BCUT2D eigenvalue weighted by molar-refractivity contribution is 0.0947. The van der Waals surface area contributed by atoms with Crippen LogP contribution in [-0.2, 0) is 6.54 Å². The van der Waals surface area contributed by atoms with Crippen molar-refractivity contribution in [2.45, 2.75) is 13.5 Å². The summed E-state index contributed by atoms with van der Waals surface area (Å²) in [7, 11) is 0. The van der Waals surface area contributed by atoms with Crippen molar-refractivity contribution in [3.8, 4) is 11.5 Å². The first-order valence-corrected chi connectivity index (χ1v) is 9.59. The lowest BCUT2D eigenvalue weighted by atomic mass is 10.2. The Balaban J connectivity index is 1.70. The molecule has 2 aromatic heterocycles. The number of hydrogen-bond acceptors (Lipinski definition) is 4. The van der Waals surface area contributed by atoms with Gasteiger partial charge in [-0.05, 0) is 53.8 Å². The number of benzene rings is 1. The number of furan rings is 1. The molecule has 1 N–H and O–H groups in total.